The van der Waals surface area contributed by atoms with Gasteiger partial charge in [0.15, 0.2) is 0 Å². The van der Waals surface area contributed by atoms with Gasteiger partial charge in [0.2, 0.25) is 0 Å². The summed E-state index contributed by atoms with van der Waals surface area (Å²) < 4.78 is 0. The van der Waals surface area contributed by atoms with Crippen molar-refractivity contribution < 1.29 is 5.11 Å². The fraction of sp³-hybridized carbons (Fsp3) is 0.875. The Balaban J connectivity index is 2.08. The minimum absolute atomic E-state index is 0.380. The summed E-state index contributed by atoms with van der Waals surface area (Å²) in [7, 11) is 0. The van der Waals surface area contributed by atoms with Crippen LogP contribution in [-0.2, 0) is 0 Å². The minimum atomic E-state index is 0.380. The van der Waals surface area contributed by atoms with E-state index in [0.29, 0.717) is 6.61 Å². The SMILES string of the molecule is OCCC1CC[CH]CC1. The third-order valence-electron chi connectivity index (χ3n) is 2.10. The number of hydrogen-bond acceptors (Lipinski definition) is 1. The lowest BCUT2D eigenvalue weighted by atomic mass is 9.87. The molecule has 53 valence electrons. The first-order valence-electron chi connectivity index (χ1n) is 3.86. The molecule has 1 N–H and O–H groups in total. The monoisotopic (exact) mass is 127 g/mol. The molecule has 0 saturated heterocycles. The van der Waals surface area contributed by atoms with Gasteiger partial charge in [-0.3, -0.25) is 0 Å². The van der Waals surface area contributed by atoms with Gasteiger partial charge in [-0.25, -0.2) is 0 Å². The van der Waals surface area contributed by atoms with E-state index in [-0.39, 0.29) is 0 Å². The van der Waals surface area contributed by atoms with Crippen LogP contribution in [0.2, 0.25) is 0 Å². The molecule has 1 radical (unpaired) electrons. The zero-order chi connectivity index (χ0) is 6.53. The van der Waals surface area contributed by atoms with Gasteiger partial charge >= 0.3 is 0 Å². The second kappa shape index (κ2) is 3.89. The van der Waals surface area contributed by atoms with Crippen molar-refractivity contribution in [2.24, 2.45) is 5.92 Å². The van der Waals surface area contributed by atoms with Gasteiger partial charge in [-0.2, -0.15) is 0 Å². The molecule has 1 heteroatoms. The molecule has 0 amide bonds. The summed E-state index contributed by atoms with van der Waals surface area (Å²) in [5, 5.41) is 8.61. The zero-order valence-electron chi connectivity index (χ0n) is 5.84. The molecule has 9 heavy (non-hydrogen) atoms. The largest absolute Gasteiger partial charge is 0.396 e. The third-order valence-corrected chi connectivity index (χ3v) is 2.10. The van der Waals surface area contributed by atoms with E-state index in [1.54, 1.807) is 0 Å². The Kier molecular flexibility index (Phi) is 3.05. The second-order valence-electron chi connectivity index (χ2n) is 2.82. The summed E-state index contributed by atoms with van der Waals surface area (Å²) in [5.41, 5.74) is 0. The molecule has 1 nitrogen and oxygen atoms in total. The first kappa shape index (κ1) is 7.07. The smallest absolute Gasteiger partial charge is 0.0433 e. The standard InChI is InChI=1S/C8H15O/c9-7-6-8-4-2-1-3-5-8/h1,8-9H,2-7H2. The third kappa shape index (κ3) is 2.35. The molecule has 1 fully saturated rings. The van der Waals surface area contributed by atoms with E-state index in [2.05, 4.69) is 6.42 Å². The van der Waals surface area contributed by atoms with Crippen molar-refractivity contribution >= 4 is 0 Å². The Morgan fingerprint density at radius 2 is 2.00 bits per heavy atom. The molecule has 0 aromatic heterocycles. The molecule has 0 aromatic rings. The van der Waals surface area contributed by atoms with Crippen molar-refractivity contribution in [1.29, 1.82) is 0 Å². The summed E-state index contributed by atoms with van der Waals surface area (Å²) in [6.07, 6.45) is 8.53. The number of hydrogen-bond donors (Lipinski definition) is 1. The highest BCUT2D eigenvalue weighted by Crippen LogP contribution is 2.24. The first-order chi connectivity index (χ1) is 4.43. The molecule has 1 aliphatic rings. The van der Waals surface area contributed by atoms with Crippen LogP contribution in [0, 0.1) is 12.3 Å². The van der Waals surface area contributed by atoms with Crippen LogP contribution in [0.4, 0.5) is 0 Å². The molecular weight excluding hydrogens is 112 g/mol. The maximum absolute atomic E-state index is 8.61. The van der Waals surface area contributed by atoms with Crippen molar-refractivity contribution in [3.63, 3.8) is 0 Å². The summed E-state index contributed by atoms with van der Waals surface area (Å²) in [6, 6.07) is 0. The fourth-order valence-corrected chi connectivity index (χ4v) is 1.47. The number of rotatable bonds is 2. The van der Waals surface area contributed by atoms with Crippen molar-refractivity contribution in [3.05, 3.63) is 6.42 Å². The Morgan fingerprint density at radius 3 is 2.56 bits per heavy atom. The molecular formula is C8H15O. The second-order valence-corrected chi connectivity index (χ2v) is 2.82. The highest BCUT2D eigenvalue weighted by atomic mass is 16.3. The highest BCUT2D eigenvalue weighted by Gasteiger charge is 2.11. The Morgan fingerprint density at radius 1 is 1.33 bits per heavy atom. The number of aliphatic hydroxyl groups is 1. The van der Waals surface area contributed by atoms with Crippen LogP contribution >= 0.6 is 0 Å². The Bertz CT molecular complexity index is 62.2. The normalized spacial score (nSPS) is 22.3. The summed E-state index contributed by atoms with van der Waals surface area (Å²) in [5.74, 6) is 0.819. The van der Waals surface area contributed by atoms with Crippen LogP contribution in [0.25, 0.3) is 0 Å². The van der Waals surface area contributed by atoms with Gasteiger partial charge in [-0.1, -0.05) is 12.8 Å². The molecule has 1 rings (SSSR count). The fourth-order valence-electron chi connectivity index (χ4n) is 1.47. The summed E-state index contributed by atoms with van der Waals surface area (Å²) in [6.45, 7) is 0.380. The lowest BCUT2D eigenvalue weighted by Crippen LogP contribution is -2.07. The lowest BCUT2D eigenvalue weighted by molar-refractivity contribution is 0.239. The van der Waals surface area contributed by atoms with Crippen molar-refractivity contribution in [3.8, 4) is 0 Å². The van der Waals surface area contributed by atoms with Crippen LogP contribution in [-0.4, -0.2) is 11.7 Å². The van der Waals surface area contributed by atoms with Gasteiger partial charge in [0.25, 0.3) is 0 Å². The van der Waals surface area contributed by atoms with Crippen LogP contribution in [0.3, 0.4) is 0 Å². The van der Waals surface area contributed by atoms with Gasteiger partial charge in [-0.05, 0) is 31.6 Å². The Hall–Kier alpha value is -0.0400. The molecule has 1 saturated carbocycles. The Labute approximate surface area is 57.1 Å². The van der Waals surface area contributed by atoms with Gasteiger partial charge in [-0.15, -0.1) is 0 Å². The molecule has 0 atom stereocenters. The predicted octanol–water partition coefficient (Wildman–Crippen LogP) is 1.76. The average Bonchev–Trinajstić information content (AvgIpc) is 1.91. The van der Waals surface area contributed by atoms with Crippen molar-refractivity contribution in [2.45, 2.75) is 32.1 Å². The van der Waals surface area contributed by atoms with E-state index in [1.807, 2.05) is 0 Å². The quantitative estimate of drug-likeness (QED) is 0.599. The van der Waals surface area contributed by atoms with E-state index >= 15 is 0 Å². The summed E-state index contributed by atoms with van der Waals surface area (Å²) in [4.78, 5) is 0. The molecule has 0 bridgehead atoms. The molecule has 0 unspecified atom stereocenters. The maximum atomic E-state index is 8.61. The predicted molar refractivity (Wildman–Crippen MR) is 38.0 cm³/mol. The average molecular weight is 127 g/mol. The van der Waals surface area contributed by atoms with Crippen LogP contribution in [0.5, 0.6) is 0 Å². The van der Waals surface area contributed by atoms with Gasteiger partial charge in [0.05, 0.1) is 0 Å². The van der Waals surface area contributed by atoms with E-state index in [4.69, 9.17) is 5.11 Å². The van der Waals surface area contributed by atoms with Crippen LogP contribution in [0.1, 0.15) is 32.1 Å². The summed E-state index contributed by atoms with van der Waals surface area (Å²) >= 11 is 0. The molecule has 0 heterocycles. The lowest BCUT2D eigenvalue weighted by Gasteiger charge is -2.19. The molecule has 1 aliphatic carbocycles. The van der Waals surface area contributed by atoms with Crippen molar-refractivity contribution in [2.75, 3.05) is 6.61 Å². The van der Waals surface area contributed by atoms with Gasteiger partial charge in [0, 0.05) is 6.61 Å². The zero-order valence-corrected chi connectivity index (χ0v) is 5.84. The van der Waals surface area contributed by atoms with Crippen molar-refractivity contribution in [1.82, 2.24) is 0 Å². The minimum Gasteiger partial charge on any atom is -0.396 e. The van der Waals surface area contributed by atoms with E-state index in [0.717, 1.165) is 12.3 Å². The highest BCUT2D eigenvalue weighted by molar-refractivity contribution is 4.76. The number of aliphatic hydroxyl groups excluding tert-OH is 1. The van der Waals surface area contributed by atoms with E-state index < -0.39 is 0 Å². The molecule has 0 aromatic carbocycles. The van der Waals surface area contributed by atoms with E-state index in [1.165, 1.54) is 25.7 Å². The van der Waals surface area contributed by atoms with Gasteiger partial charge < -0.3 is 5.11 Å². The maximum Gasteiger partial charge on any atom is 0.0433 e. The first-order valence-corrected chi connectivity index (χ1v) is 3.86. The molecule has 0 spiro atoms. The topological polar surface area (TPSA) is 20.2 Å². The van der Waals surface area contributed by atoms with E-state index in [9.17, 15) is 0 Å². The van der Waals surface area contributed by atoms with Gasteiger partial charge in [0.1, 0.15) is 0 Å². The van der Waals surface area contributed by atoms with Crippen LogP contribution in [0.15, 0.2) is 0 Å². The molecule has 0 aliphatic heterocycles. The van der Waals surface area contributed by atoms with Crippen LogP contribution < -0.4 is 0 Å².